The fraction of sp³-hybridized carbons (Fsp3) is 0.562. The smallest absolute Gasteiger partial charge is 0.251 e. The Morgan fingerprint density at radius 2 is 2.24 bits per heavy atom. The van der Waals surface area contributed by atoms with Gasteiger partial charge in [0.1, 0.15) is 5.75 Å². The van der Waals surface area contributed by atoms with Crippen molar-refractivity contribution in [3.05, 3.63) is 23.8 Å². The minimum atomic E-state index is -0.0602. The van der Waals surface area contributed by atoms with Crippen LogP contribution in [0.1, 0.15) is 43.0 Å². The van der Waals surface area contributed by atoms with Crippen molar-refractivity contribution in [1.82, 2.24) is 5.32 Å². The van der Waals surface area contributed by atoms with Gasteiger partial charge in [-0.05, 0) is 44.6 Å². The van der Waals surface area contributed by atoms with Gasteiger partial charge in [-0.2, -0.15) is 11.8 Å². The van der Waals surface area contributed by atoms with Gasteiger partial charge in [-0.25, -0.2) is 0 Å². The standard InChI is InChI=1S/C16H24N2O2S/c1-3-20-14-8-11(7-12(17)9-14)16(19)18-13-5-4-6-15(10-13)21-2/h7-9,13,15H,3-6,10,17H2,1-2H3,(H,18,19). The number of hydrogen-bond acceptors (Lipinski definition) is 4. The number of rotatable bonds is 5. The van der Waals surface area contributed by atoms with Gasteiger partial charge in [0.15, 0.2) is 0 Å². The summed E-state index contributed by atoms with van der Waals surface area (Å²) in [7, 11) is 0. The molecule has 0 aliphatic heterocycles. The molecule has 21 heavy (non-hydrogen) atoms. The van der Waals surface area contributed by atoms with Crippen molar-refractivity contribution < 1.29 is 9.53 Å². The summed E-state index contributed by atoms with van der Waals surface area (Å²) in [5.74, 6) is 0.586. The maximum atomic E-state index is 12.4. The molecule has 3 N–H and O–H groups in total. The number of nitrogens with two attached hydrogens (primary N) is 1. The van der Waals surface area contributed by atoms with E-state index in [1.54, 1.807) is 18.2 Å². The first kappa shape index (κ1) is 16.0. The second-order valence-electron chi connectivity index (χ2n) is 5.42. The van der Waals surface area contributed by atoms with E-state index in [-0.39, 0.29) is 11.9 Å². The number of carbonyl (C=O) groups is 1. The van der Waals surface area contributed by atoms with E-state index >= 15 is 0 Å². The van der Waals surface area contributed by atoms with Crippen molar-refractivity contribution in [2.75, 3.05) is 18.6 Å². The zero-order valence-corrected chi connectivity index (χ0v) is 13.5. The number of hydrogen-bond donors (Lipinski definition) is 2. The van der Waals surface area contributed by atoms with E-state index in [4.69, 9.17) is 10.5 Å². The van der Waals surface area contributed by atoms with Gasteiger partial charge in [0.05, 0.1) is 6.61 Å². The van der Waals surface area contributed by atoms with Crippen LogP contribution in [-0.2, 0) is 0 Å². The minimum absolute atomic E-state index is 0.0602. The van der Waals surface area contributed by atoms with Crippen LogP contribution < -0.4 is 15.8 Å². The first-order valence-electron chi connectivity index (χ1n) is 7.49. The van der Waals surface area contributed by atoms with Crippen LogP contribution in [0.5, 0.6) is 5.75 Å². The van der Waals surface area contributed by atoms with Crippen molar-refractivity contribution in [3.63, 3.8) is 0 Å². The van der Waals surface area contributed by atoms with Gasteiger partial charge in [0.25, 0.3) is 5.91 Å². The van der Waals surface area contributed by atoms with Gasteiger partial charge in [0, 0.05) is 28.6 Å². The molecule has 1 aliphatic carbocycles. The number of nitrogen functional groups attached to an aromatic ring is 1. The molecule has 1 fully saturated rings. The first-order valence-corrected chi connectivity index (χ1v) is 8.78. The Balaban J connectivity index is 2.02. The molecule has 1 aromatic carbocycles. The molecule has 5 heteroatoms. The highest BCUT2D eigenvalue weighted by atomic mass is 32.2. The monoisotopic (exact) mass is 308 g/mol. The zero-order valence-electron chi connectivity index (χ0n) is 12.7. The molecule has 0 aromatic heterocycles. The predicted octanol–water partition coefficient (Wildman–Crippen LogP) is 3.07. The molecule has 1 aliphatic rings. The minimum Gasteiger partial charge on any atom is -0.494 e. The summed E-state index contributed by atoms with van der Waals surface area (Å²) < 4.78 is 5.44. The molecule has 0 spiro atoms. The Morgan fingerprint density at radius 3 is 2.95 bits per heavy atom. The van der Waals surface area contributed by atoms with E-state index in [1.165, 1.54) is 12.8 Å². The molecule has 0 saturated heterocycles. The van der Waals surface area contributed by atoms with E-state index in [2.05, 4.69) is 11.6 Å². The van der Waals surface area contributed by atoms with Gasteiger partial charge in [0.2, 0.25) is 0 Å². The Hall–Kier alpha value is -1.36. The molecule has 1 saturated carbocycles. The topological polar surface area (TPSA) is 64.3 Å². The molecule has 2 rings (SSSR count). The largest absolute Gasteiger partial charge is 0.494 e. The average Bonchev–Trinajstić information content (AvgIpc) is 2.47. The van der Waals surface area contributed by atoms with Gasteiger partial charge in [-0.15, -0.1) is 0 Å². The molecule has 1 amide bonds. The van der Waals surface area contributed by atoms with E-state index < -0.39 is 0 Å². The van der Waals surface area contributed by atoms with Gasteiger partial charge >= 0.3 is 0 Å². The highest BCUT2D eigenvalue weighted by Gasteiger charge is 2.23. The number of nitrogens with one attached hydrogen (secondary N) is 1. The lowest BCUT2D eigenvalue weighted by atomic mass is 9.94. The summed E-state index contributed by atoms with van der Waals surface area (Å²) in [5, 5.41) is 3.79. The van der Waals surface area contributed by atoms with Crippen LogP contribution in [0, 0.1) is 0 Å². The Morgan fingerprint density at radius 1 is 1.43 bits per heavy atom. The van der Waals surface area contributed by atoms with Gasteiger partial charge in [-0.3, -0.25) is 4.79 Å². The fourth-order valence-corrected chi connectivity index (χ4v) is 3.59. The van der Waals surface area contributed by atoms with Crippen molar-refractivity contribution in [2.45, 2.75) is 43.9 Å². The highest BCUT2D eigenvalue weighted by molar-refractivity contribution is 7.99. The number of amides is 1. The van der Waals surface area contributed by atoms with Crippen LogP contribution >= 0.6 is 11.8 Å². The fourth-order valence-electron chi connectivity index (χ4n) is 2.76. The lowest BCUT2D eigenvalue weighted by Crippen LogP contribution is -2.39. The molecule has 0 bridgehead atoms. The normalized spacial score (nSPS) is 21.8. The average molecular weight is 308 g/mol. The van der Waals surface area contributed by atoms with Crippen LogP contribution in [0.15, 0.2) is 18.2 Å². The molecule has 2 atom stereocenters. The molecular weight excluding hydrogens is 284 g/mol. The Labute approximate surface area is 130 Å². The van der Waals surface area contributed by atoms with E-state index in [0.717, 1.165) is 12.8 Å². The summed E-state index contributed by atoms with van der Waals surface area (Å²) >= 11 is 1.89. The SMILES string of the molecule is CCOc1cc(N)cc(C(=O)NC2CCCC(SC)C2)c1. The molecule has 0 heterocycles. The van der Waals surface area contributed by atoms with Gasteiger partial charge in [-0.1, -0.05) is 6.42 Å². The number of benzene rings is 1. The van der Waals surface area contributed by atoms with Gasteiger partial charge < -0.3 is 15.8 Å². The van der Waals surface area contributed by atoms with Crippen molar-refractivity contribution in [3.8, 4) is 5.75 Å². The number of thioether (sulfide) groups is 1. The second-order valence-corrected chi connectivity index (χ2v) is 6.56. The summed E-state index contributed by atoms with van der Waals surface area (Å²) in [5.41, 5.74) is 6.97. The van der Waals surface area contributed by atoms with Crippen molar-refractivity contribution >= 4 is 23.4 Å². The lowest BCUT2D eigenvalue weighted by molar-refractivity contribution is 0.0928. The van der Waals surface area contributed by atoms with Crippen LogP contribution in [-0.4, -0.2) is 30.1 Å². The van der Waals surface area contributed by atoms with E-state index in [1.807, 2.05) is 18.7 Å². The Kier molecular flexibility index (Phi) is 5.79. The van der Waals surface area contributed by atoms with Crippen LogP contribution in [0.4, 0.5) is 5.69 Å². The van der Waals surface area contributed by atoms with Crippen LogP contribution in [0.2, 0.25) is 0 Å². The number of carbonyl (C=O) groups excluding carboxylic acids is 1. The maximum Gasteiger partial charge on any atom is 0.251 e. The van der Waals surface area contributed by atoms with Crippen molar-refractivity contribution in [1.29, 1.82) is 0 Å². The third kappa shape index (κ3) is 4.56. The maximum absolute atomic E-state index is 12.4. The Bertz CT molecular complexity index is 493. The third-order valence-electron chi connectivity index (χ3n) is 3.80. The molecule has 116 valence electrons. The highest BCUT2D eigenvalue weighted by Crippen LogP contribution is 2.27. The first-order chi connectivity index (χ1) is 10.1. The summed E-state index contributed by atoms with van der Waals surface area (Å²) in [6.07, 6.45) is 6.68. The summed E-state index contributed by atoms with van der Waals surface area (Å²) in [6, 6.07) is 5.46. The lowest BCUT2D eigenvalue weighted by Gasteiger charge is -2.28. The summed E-state index contributed by atoms with van der Waals surface area (Å²) in [6.45, 7) is 2.47. The number of ether oxygens (including phenoxy) is 1. The van der Waals surface area contributed by atoms with E-state index in [0.29, 0.717) is 28.9 Å². The number of anilines is 1. The summed E-state index contributed by atoms with van der Waals surface area (Å²) in [4.78, 5) is 12.4. The van der Waals surface area contributed by atoms with Crippen LogP contribution in [0.3, 0.4) is 0 Å². The van der Waals surface area contributed by atoms with E-state index in [9.17, 15) is 4.79 Å². The molecule has 1 aromatic rings. The zero-order chi connectivity index (χ0) is 15.2. The molecule has 4 nitrogen and oxygen atoms in total. The van der Waals surface area contributed by atoms with Crippen molar-refractivity contribution in [2.24, 2.45) is 0 Å². The van der Waals surface area contributed by atoms with Crippen LogP contribution in [0.25, 0.3) is 0 Å². The quantitative estimate of drug-likeness (QED) is 0.821. The molecule has 2 unspecified atom stereocenters. The third-order valence-corrected chi connectivity index (χ3v) is 4.89. The molecular formula is C16H24N2O2S. The molecule has 0 radical (unpaired) electrons. The second kappa shape index (κ2) is 7.59. The predicted molar refractivity (Wildman–Crippen MR) is 89.0 cm³/mol.